The van der Waals surface area contributed by atoms with E-state index in [9.17, 15) is 14.9 Å². The number of fused-ring (bicyclic) bond motifs is 1. The largest absolute Gasteiger partial charge is 0.294 e. The van der Waals surface area contributed by atoms with Crippen LogP contribution >= 0.6 is 0 Å². The number of hydrogen-bond donors (Lipinski definition) is 0. The van der Waals surface area contributed by atoms with Crippen LogP contribution in [0.3, 0.4) is 0 Å². The van der Waals surface area contributed by atoms with E-state index in [1.54, 1.807) is 12.1 Å². The molecule has 78 valence electrons. The van der Waals surface area contributed by atoms with Crippen LogP contribution in [0, 0.1) is 10.1 Å². The number of Topliss-reactive ketones (excluding diaryl/α,β-unsaturated/α-hetero) is 1. The molecule has 0 saturated carbocycles. The molecule has 1 aromatic rings. The van der Waals surface area contributed by atoms with Gasteiger partial charge in [-0.05, 0) is 12.0 Å². The molecule has 0 aliphatic heterocycles. The monoisotopic (exact) mass is 205 g/mol. The first-order valence-corrected chi connectivity index (χ1v) is 4.93. The molecule has 1 aliphatic carbocycles. The minimum absolute atomic E-state index is 0.0318. The Hall–Kier alpha value is -1.71. The number of rotatable bonds is 1. The van der Waals surface area contributed by atoms with Gasteiger partial charge in [-0.1, -0.05) is 24.3 Å². The lowest BCUT2D eigenvalue weighted by Crippen LogP contribution is -2.21. The maximum Gasteiger partial charge on any atom is 0.220 e. The molecule has 1 aliphatic rings. The van der Waals surface area contributed by atoms with E-state index in [4.69, 9.17) is 0 Å². The highest BCUT2D eigenvalue weighted by atomic mass is 16.6. The number of carbonyl (C=O) groups is 1. The van der Waals surface area contributed by atoms with Crippen molar-refractivity contribution in [1.29, 1.82) is 0 Å². The first kappa shape index (κ1) is 9.83. The molecule has 1 aromatic carbocycles. The fourth-order valence-corrected chi connectivity index (χ4v) is 1.94. The van der Waals surface area contributed by atoms with Crippen LogP contribution in [0.1, 0.15) is 28.8 Å². The van der Waals surface area contributed by atoms with Gasteiger partial charge in [-0.3, -0.25) is 14.9 Å². The summed E-state index contributed by atoms with van der Waals surface area (Å²) in [5.74, 6) is -0.107. The van der Waals surface area contributed by atoms with Crippen molar-refractivity contribution < 1.29 is 9.72 Å². The number of aryl methyl sites for hydroxylation is 1. The molecule has 1 unspecified atom stereocenters. The van der Waals surface area contributed by atoms with E-state index in [1.807, 2.05) is 12.1 Å². The van der Waals surface area contributed by atoms with Gasteiger partial charge in [-0.2, -0.15) is 0 Å². The summed E-state index contributed by atoms with van der Waals surface area (Å²) in [4.78, 5) is 22.0. The van der Waals surface area contributed by atoms with Gasteiger partial charge in [0.15, 0.2) is 5.78 Å². The van der Waals surface area contributed by atoms with Crippen molar-refractivity contribution in [3.8, 4) is 0 Å². The second-order valence-electron chi connectivity index (χ2n) is 3.76. The lowest BCUT2D eigenvalue weighted by atomic mass is 10.0. The van der Waals surface area contributed by atoms with E-state index in [-0.39, 0.29) is 17.1 Å². The van der Waals surface area contributed by atoms with Crippen molar-refractivity contribution >= 4 is 5.78 Å². The van der Waals surface area contributed by atoms with Crippen molar-refractivity contribution in [1.82, 2.24) is 0 Å². The predicted molar refractivity (Wildman–Crippen MR) is 54.5 cm³/mol. The molecular formula is C11H11NO3. The fraction of sp³-hybridized carbons (Fsp3) is 0.364. The molecule has 0 radical (unpaired) electrons. The van der Waals surface area contributed by atoms with Gasteiger partial charge in [-0.15, -0.1) is 0 Å². The van der Waals surface area contributed by atoms with E-state index < -0.39 is 6.04 Å². The maximum absolute atomic E-state index is 11.7. The minimum atomic E-state index is -0.718. The van der Waals surface area contributed by atoms with Gasteiger partial charge in [0.25, 0.3) is 0 Å². The van der Waals surface area contributed by atoms with Crippen LogP contribution in [0.4, 0.5) is 0 Å². The van der Waals surface area contributed by atoms with Crippen molar-refractivity contribution in [2.75, 3.05) is 0 Å². The second-order valence-corrected chi connectivity index (χ2v) is 3.76. The summed E-state index contributed by atoms with van der Waals surface area (Å²) in [6.07, 6.45) is 1.10. The van der Waals surface area contributed by atoms with Crippen LogP contribution in [-0.4, -0.2) is 16.7 Å². The minimum Gasteiger partial charge on any atom is -0.294 e. The van der Waals surface area contributed by atoms with Crippen molar-refractivity contribution in [2.24, 2.45) is 0 Å². The molecule has 0 N–H and O–H groups in total. The smallest absolute Gasteiger partial charge is 0.220 e. The van der Waals surface area contributed by atoms with E-state index in [2.05, 4.69) is 0 Å². The standard InChI is InChI=1S/C11H11NO3/c13-11-7-9(12(14)15)6-5-8-3-1-2-4-10(8)11/h1-4,9H,5-7H2. The normalized spacial score (nSPS) is 20.5. The number of nitro groups is 1. The van der Waals surface area contributed by atoms with Gasteiger partial charge in [-0.25, -0.2) is 0 Å². The molecule has 1 atom stereocenters. The summed E-state index contributed by atoms with van der Waals surface area (Å²) in [6.45, 7) is 0. The van der Waals surface area contributed by atoms with Crippen molar-refractivity contribution in [3.63, 3.8) is 0 Å². The van der Waals surface area contributed by atoms with Crippen molar-refractivity contribution in [3.05, 3.63) is 45.5 Å². The van der Waals surface area contributed by atoms with E-state index in [1.165, 1.54) is 0 Å². The summed E-state index contributed by atoms with van der Waals surface area (Å²) >= 11 is 0. The van der Waals surface area contributed by atoms with E-state index in [0.29, 0.717) is 18.4 Å². The highest BCUT2D eigenvalue weighted by molar-refractivity contribution is 5.98. The highest BCUT2D eigenvalue weighted by Crippen LogP contribution is 2.21. The predicted octanol–water partition coefficient (Wildman–Crippen LogP) is 1.85. The van der Waals surface area contributed by atoms with Crippen LogP contribution in [-0.2, 0) is 6.42 Å². The summed E-state index contributed by atoms with van der Waals surface area (Å²) in [7, 11) is 0. The number of ketones is 1. The summed E-state index contributed by atoms with van der Waals surface area (Å²) in [5.41, 5.74) is 1.59. The molecule has 0 spiro atoms. The average molecular weight is 205 g/mol. The molecule has 0 aromatic heterocycles. The Kier molecular flexibility index (Phi) is 2.49. The SMILES string of the molecule is O=C1CC([N+](=O)[O-])CCc2ccccc21. The zero-order valence-electron chi connectivity index (χ0n) is 8.18. The summed E-state index contributed by atoms with van der Waals surface area (Å²) < 4.78 is 0. The van der Waals surface area contributed by atoms with Crippen LogP contribution in [0.2, 0.25) is 0 Å². The van der Waals surface area contributed by atoms with Crippen LogP contribution in [0.5, 0.6) is 0 Å². The van der Waals surface area contributed by atoms with Gasteiger partial charge >= 0.3 is 0 Å². The highest BCUT2D eigenvalue weighted by Gasteiger charge is 2.28. The molecule has 0 bridgehead atoms. The molecular weight excluding hydrogens is 194 g/mol. The Morgan fingerprint density at radius 2 is 2.07 bits per heavy atom. The van der Waals surface area contributed by atoms with Crippen LogP contribution < -0.4 is 0 Å². The van der Waals surface area contributed by atoms with Crippen molar-refractivity contribution in [2.45, 2.75) is 25.3 Å². The lowest BCUT2D eigenvalue weighted by Gasteiger charge is -2.02. The van der Waals surface area contributed by atoms with Gasteiger partial charge in [0.1, 0.15) is 0 Å². The number of hydrogen-bond acceptors (Lipinski definition) is 3. The third-order valence-electron chi connectivity index (χ3n) is 2.78. The Labute approximate surface area is 87.1 Å². The zero-order valence-corrected chi connectivity index (χ0v) is 8.18. The summed E-state index contributed by atoms with van der Waals surface area (Å²) in [6, 6.07) is 6.56. The van der Waals surface area contributed by atoms with E-state index >= 15 is 0 Å². The third kappa shape index (κ3) is 1.88. The lowest BCUT2D eigenvalue weighted by molar-refractivity contribution is -0.521. The van der Waals surface area contributed by atoms with Gasteiger partial charge in [0, 0.05) is 16.9 Å². The third-order valence-corrected chi connectivity index (χ3v) is 2.78. The zero-order chi connectivity index (χ0) is 10.8. The van der Waals surface area contributed by atoms with Gasteiger partial charge in [0.2, 0.25) is 6.04 Å². The topological polar surface area (TPSA) is 60.2 Å². The Morgan fingerprint density at radius 3 is 2.80 bits per heavy atom. The average Bonchev–Trinajstić information content (AvgIpc) is 2.39. The van der Waals surface area contributed by atoms with Gasteiger partial charge < -0.3 is 0 Å². The molecule has 4 nitrogen and oxygen atoms in total. The quantitative estimate of drug-likeness (QED) is 0.399. The van der Waals surface area contributed by atoms with Gasteiger partial charge in [0.05, 0.1) is 6.42 Å². The Bertz CT molecular complexity index is 414. The first-order chi connectivity index (χ1) is 7.18. The fourth-order valence-electron chi connectivity index (χ4n) is 1.94. The molecule has 2 rings (SSSR count). The van der Waals surface area contributed by atoms with Crippen LogP contribution in [0.25, 0.3) is 0 Å². The number of carbonyl (C=O) groups excluding carboxylic acids is 1. The second kappa shape index (κ2) is 3.81. The number of benzene rings is 1. The van der Waals surface area contributed by atoms with E-state index in [0.717, 1.165) is 5.56 Å². The molecule has 4 heteroatoms. The summed E-state index contributed by atoms with van der Waals surface area (Å²) in [5, 5.41) is 10.7. The Balaban J connectivity index is 2.32. The molecule has 0 heterocycles. The molecule has 0 saturated heterocycles. The maximum atomic E-state index is 11.7. The molecule has 0 fully saturated rings. The van der Waals surface area contributed by atoms with Crippen LogP contribution in [0.15, 0.2) is 24.3 Å². The first-order valence-electron chi connectivity index (χ1n) is 4.93. The number of nitrogens with zero attached hydrogens (tertiary/aromatic N) is 1. The molecule has 15 heavy (non-hydrogen) atoms. The molecule has 0 amide bonds. The Morgan fingerprint density at radius 1 is 1.33 bits per heavy atom.